The van der Waals surface area contributed by atoms with E-state index in [4.69, 9.17) is 4.74 Å². The van der Waals surface area contributed by atoms with E-state index in [-0.39, 0.29) is 11.4 Å². The van der Waals surface area contributed by atoms with Gasteiger partial charge in [-0.2, -0.15) is 0 Å². The van der Waals surface area contributed by atoms with Gasteiger partial charge in [0.2, 0.25) is 5.78 Å². The van der Waals surface area contributed by atoms with Crippen molar-refractivity contribution in [3.8, 4) is 5.75 Å². The maximum atomic E-state index is 13.2. The van der Waals surface area contributed by atoms with Crippen molar-refractivity contribution in [2.24, 2.45) is 0 Å². The summed E-state index contributed by atoms with van der Waals surface area (Å²) in [5.74, 6) is -0.518. The Morgan fingerprint density at radius 1 is 1.19 bits per heavy atom. The van der Waals surface area contributed by atoms with Gasteiger partial charge in [-0.25, -0.2) is 0 Å². The van der Waals surface area contributed by atoms with Crippen LogP contribution in [0.25, 0.3) is 0 Å². The smallest absolute Gasteiger partial charge is 0.290 e. The van der Waals surface area contributed by atoms with Gasteiger partial charge in [0.25, 0.3) is 5.91 Å². The Morgan fingerprint density at radius 2 is 1.94 bits per heavy atom. The first-order valence-corrected chi connectivity index (χ1v) is 11.5. The Morgan fingerprint density at radius 3 is 2.55 bits per heavy atom. The maximum absolute atomic E-state index is 13.2. The van der Waals surface area contributed by atoms with Crippen LogP contribution in [0.1, 0.15) is 47.5 Å². The number of ether oxygens (including phenoxy) is 1. The molecule has 2 aromatic rings. The van der Waals surface area contributed by atoms with E-state index >= 15 is 0 Å². The van der Waals surface area contributed by atoms with Crippen LogP contribution in [-0.2, 0) is 4.79 Å². The van der Waals surface area contributed by atoms with Gasteiger partial charge in [-0.1, -0.05) is 38.0 Å². The lowest BCUT2D eigenvalue weighted by atomic mass is 9.95. The van der Waals surface area contributed by atoms with Crippen molar-refractivity contribution in [1.29, 1.82) is 0 Å². The fraction of sp³-hybridized carbons (Fsp3) is 0.417. The van der Waals surface area contributed by atoms with E-state index in [2.05, 4.69) is 6.92 Å². The monoisotopic (exact) mass is 442 g/mol. The van der Waals surface area contributed by atoms with Crippen LogP contribution in [0.2, 0.25) is 0 Å². The number of aliphatic hydroxyl groups excluding tert-OH is 1. The van der Waals surface area contributed by atoms with Gasteiger partial charge in [0.1, 0.15) is 5.75 Å². The zero-order chi connectivity index (χ0) is 22.4. The SMILES string of the molecule is CCCCCOc1ccc(C2C(C(=O)c3cccs3)=C(O)C(=O)N2CCN(C)C)cc1. The number of thiophene rings is 1. The van der Waals surface area contributed by atoms with E-state index in [0.29, 0.717) is 24.6 Å². The summed E-state index contributed by atoms with van der Waals surface area (Å²) in [4.78, 5) is 30.1. The molecule has 7 heteroatoms. The number of Topliss-reactive ketones (excluding diaryl/α,β-unsaturated/α-hetero) is 1. The van der Waals surface area contributed by atoms with Crippen molar-refractivity contribution in [3.63, 3.8) is 0 Å². The minimum atomic E-state index is -0.629. The lowest BCUT2D eigenvalue weighted by molar-refractivity contribution is -0.129. The molecule has 0 bridgehead atoms. The molecule has 0 saturated carbocycles. The van der Waals surface area contributed by atoms with Gasteiger partial charge in [0, 0.05) is 13.1 Å². The fourth-order valence-corrected chi connectivity index (χ4v) is 4.28. The zero-order valence-corrected chi connectivity index (χ0v) is 19.2. The third-order valence-corrected chi connectivity index (χ3v) is 6.16. The largest absolute Gasteiger partial charge is 0.503 e. The average Bonchev–Trinajstić information content (AvgIpc) is 3.38. The Bertz CT molecular complexity index is 920. The molecule has 1 aromatic heterocycles. The number of aliphatic hydroxyl groups is 1. The Kier molecular flexibility index (Phi) is 7.87. The fourth-order valence-electron chi connectivity index (χ4n) is 3.60. The minimum absolute atomic E-state index is 0.142. The first-order valence-electron chi connectivity index (χ1n) is 10.6. The molecule has 0 spiro atoms. The predicted molar refractivity (Wildman–Crippen MR) is 123 cm³/mol. The Labute approximate surface area is 187 Å². The summed E-state index contributed by atoms with van der Waals surface area (Å²) < 4.78 is 5.79. The second kappa shape index (κ2) is 10.6. The molecule has 1 atom stereocenters. The molecule has 1 aromatic carbocycles. The summed E-state index contributed by atoms with van der Waals surface area (Å²) in [6, 6.07) is 10.3. The molecule has 1 unspecified atom stereocenters. The normalized spacial score (nSPS) is 16.5. The molecule has 1 aliphatic heterocycles. The number of unbranched alkanes of at least 4 members (excludes halogenated alkanes) is 2. The molecule has 6 nitrogen and oxygen atoms in total. The standard InChI is InChI=1S/C24H30N2O4S/c1-4-5-6-15-30-18-11-9-17(10-12-18)21-20(22(27)19-8-7-16-31-19)23(28)24(29)26(21)14-13-25(2)3/h7-12,16,21,28H,4-6,13-15H2,1-3H3. The van der Waals surface area contributed by atoms with E-state index in [0.717, 1.165) is 30.6 Å². The summed E-state index contributed by atoms with van der Waals surface area (Å²) in [5, 5.41) is 12.5. The number of ketones is 1. The number of hydrogen-bond acceptors (Lipinski definition) is 6. The number of amides is 1. The molecule has 1 amide bonds. The Balaban J connectivity index is 1.89. The molecule has 0 saturated heterocycles. The van der Waals surface area contributed by atoms with Crippen LogP contribution >= 0.6 is 11.3 Å². The van der Waals surface area contributed by atoms with Crippen LogP contribution < -0.4 is 4.74 Å². The molecule has 0 aliphatic carbocycles. The summed E-state index contributed by atoms with van der Waals surface area (Å²) in [6.45, 7) is 3.83. The number of likely N-dealkylation sites (N-methyl/N-ethyl adjacent to an activating group) is 1. The van der Waals surface area contributed by atoms with Crippen molar-refractivity contribution in [3.05, 3.63) is 63.6 Å². The second-order valence-corrected chi connectivity index (χ2v) is 8.85. The van der Waals surface area contributed by atoms with Crippen LogP contribution in [0.3, 0.4) is 0 Å². The maximum Gasteiger partial charge on any atom is 0.290 e. The second-order valence-electron chi connectivity index (χ2n) is 7.90. The van der Waals surface area contributed by atoms with Crippen molar-refractivity contribution in [2.45, 2.75) is 32.2 Å². The third-order valence-electron chi connectivity index (χ3n) is 5.29. The van der Waals surface area contributed by atoms with Gasteiger partial charge in [0.15, 0.2) is 5.76 Å². The summed E-state index contributed by atoms with van der Waals surface area (Å²) in [6.07, 6.45) is 3.27. The van der Waals surface area contributed by atoms with Gasteiger partial charge in [-0.05, 0) is 49.7 Å². The number of benzene rings is 1. The predicted octanol–water partition coefficient (Wildman–Crippen LogP) is 4.46. The van der Waals surface area contributed by atoms with Gasteiger partial charge in [-0.3, -0.25) is 9.59 Å². The quantitative estimate of drug-likeness (QED) is 0.411. The lowest BCUT2D eigenvalue weighted by Crippen LogP contribution is -2.36. The topological polar surface area (TPSA) is 70.1 Å². The van der Waals surface area contributed by atoms with Crippen LogP contribution in [0.15, 0.2) is 53.1 Å². The number of carbonyl (C=O) groups excluding carboxylic acids is 2. The molecule has 0 fully saturated rings. The average molecular weight is 443 g/mol. The van der Waals surface area contributed by atoms with Crippen LogP contribution in [0.4, 0.5) is 0 Å². The minimum Gasteiger partial charge on any atom is -0.503 e. The van der Waals surface area contributed by atoms with Gasteiger partial charge in [0.05, 0.1) is 23.1 Å². The summed E-state index contributed by atoms with van der Waals surface area (Å²) in [7, 11) is 3.84. The lowest BCUT2D eigenvalue weighted by Gasteiger charge is -2.28. The highest BCUT2D eigenvalue weighted by atomic mass is 32.1. The Hall–Kier alpha value is -2.64. The van der Waals surface area contributed by atoms with Crippen LogP contribution in [-0.4, -0.2) is 60.4 Å². The van der Waals surface area contributed by atoms with E-state index < -0.39 is 17.7 Å². The highest BCUT2D eigenvalue weighted by Crippen LogP contribution is 2.39. The highest BCUT2D eigenvalue weighted by molar-refractivity contribution is 7.12. The first kappa shape index (κ1) is 23.0. The van der Waals surface area contributed by atoms with Crippen molar-refractivity contribution in [2.75, 3.05) is 33.8 Å². The van der Waals surface area contributed by atoms with Gasteiger partial charge < -0.3 is 19.6 Å². The molecule has 0 radical (unpaired) electrons. The van der Waals surface area contributed by atoms with Crippen molar-refractivity contribution >= 4 is 23.0 Å². The molecule has 1 N–H and O–H groups in total. The zero-order valence-electron chi connectivity index (χ0n) is 18.3. The van der Waals surface area contributed by atoms with E-state index in [1.165, 1.54) is 11.3 Å². The van der Waals surface area contributed by atoms with E-state index in [9.17, 15) is 14.7 Å². The molecule has 31 heavy (non-hydrogen) atoms. The number of rotatable bonds is 11. The first-order chi connectivity index (χ1) is 14.9. The molecule has 2 heterocycles. The molecular formula is C24H30N2O4S. The summed E-state index contributed by atoms with van der Waals surface area (Å²) in [5.41, 5.74) is 0.916. The third kappa shape index (κ3) is 5.35. The van der Waals surface area contributed by atoms with E-state index in [1.54, 1.807) is 17.0 Å². The number of nitrogens with zero attached hydrogens (tertiary/aromatic N) is 2. The van der Waals surface area contributed by atoms with Crippen LogP contribution in [0, 0.1) is 0 Å². The van der Waals surface area contributed by atoms with E-state index in [1.807, 2.05) is 48.6 Å². The molecular weight excluding hydrogens is 412 g/mol. The number of hydrogen-bond donors (Lipinski definition) is 1. The van der Waals surface area contributed by atoms with Gasteiger partial charge in [-0.15, -0.1) is 11.3 Å². The van der Waals surface area contributed by atoms with Crippen LogP contribution in [0.5, 0.6) is 5.75 Å². The summed E-state index contributed by atoms with van der Waals surface area (Å²) >= 11 is 1.30. The molecule has 166 valence electrons. The molecule has 3 rings (SSSR count). The van der Waals surface area contributed by atoms with Gasteiger partial charge >= 0.3 is 0 Å². The van der Waals surface area contributed by atoms with Crippen molar-refractivity contribution < 1.29 is 19.4 Å². The number of carbonyl (C=O) groups is 2. The highest BCUT2D eigenvalue weighted by Gasteiger charge is 2.43. The molecule has 1 aliphatic rings. The van der Waals surface area contributed by atoms with Crippen molar-refractivity contribution in [1.82, 2.24) is 9.80 Å².